The predicted molar refractivity (Wildman–Crippen MR) is 47.3 cm³/mol. The fourth-order valence-electron chi connectivity index (χ4n) is 1.01. The zero-order valence-electron chi connectivity index (χ0n) is 8.10. The van der Waals surface area contributed by atoms with Crippen LogP contribution in [0.2, 0.25) is 0 Å². The number of hydrogen-bond acceptors (Lipinski definition) is 3. The fraction of sp³-hybridized carbons (Fsp3) is 0.400. The monoisotopic (exact) mass is 195 g/mol. The van der Waals surface area contributed by atoms with Gasteiger partial charge in [-0.1, -0.05) is 13.0 Å². The number of nitrogens with zero attached hydrogens (tertiary/aromatic N) is 1. The molecule has 1 heterocycles. The van der Waals surface area contributed by atoms with E-state index in [4.69, 9.17) is 4.74 Å². The first-order valence-corrected chi connectivity index (χ1v) is 4.54. The Kier molecular flexibility index (Phi) is 3.91. The molecule has 0 unspecified atom stereocenters. The molecule has 0 saturated carbocycles. The van der Waals surface area contributed by atoms with E-state index < -0.39 is 0 Å². The Morgan fingerprint density at radius 2 is 2.43 bits per heavy atom. The number of aromatic nitrogens is 1. The molecule has 0 amide bonds. The van der Waals surface area contributed by atoms with Gasteiger partial charge in [-0.25, -0.2) is 4.79 Å². The van der Waals surface area contributed by atoms with Crippen LogP contribution in [0, 0.1) is 0 Å². The van der Waals surface area contributed by atoms with Crippen molar-refractivity contribution in [3.05, 3.63) is 24.5 Å². The highest BCUT2D eigenvalue weighted by Crippen LogP contribution is 1.95. The van der Waals surface area contributed by atoms with Gasteiger partial charge < -0.3 is 9.84 Å². The van der Waals surface area contributed by atoms with E-state index in [0.29, 0.717) is 6.61 Å². The Morgan fingerprint density at radius 3 is 3.07 bits per heavy atom. The van der Waals surface area contributed by atoms with Crippen molar-refractivity contribution in [2.24, 2.45) is 0 Å². The molecule has 1 rings (SSSR count). The minimum atomic E-state index is -0.317. The lowest BCUT2D eigenvalue weighted by atomic mass is 10.4. The average molecular weight is 195 g/mol. The summed E-state index contributed by atoms with van der Waals surface area (Å²) in [5, 5.41) is 10.9. The minimum Gasteiger partial charge on any atom is -0.868 e. The Labute approximate surface area is 82.8 Å². The van der Waals surface area contributed by atoms with Gasteiger partial charge in [0.25, 0.3) is 0 Å². The predicted octanol–water partition coefficient (Wildman–Crippen LogP) is 0.000900. The van der Waals surface area contributed by atoms with Gasteiger partial charge in [-0.05, 0) is 12.2 Å². The summed E-state index contributed by atoms with van der Waals surface area (Å²) < 4.78 is 6.39. The van der Waals surface area contributed by atoms with Crippen LogP contribution in [0.5, 0.6) is 5.75 Å². The largest absolute Gasteiger partial charge is 0.868 e. The summed E-state index contributed by atoms with van der Waals surface area (Å²) in [6.07, 6.45) is 3.83. The second kappa shape index (κ2) is 5.21. The highest BCUT2D eigenvalue weighted by molar-refractivity contribution is 5.67. The first kappa shape index (κ1) is 10.5. The van der Waals surface area contributed by atoms with E-state index in [0.717, 1.165) is 6.42 Å². The lowest BCUT2D eigenvalue weighted by Gasteiger charge is -2.03. The summed E-state index contributed by atoms with van der Waals surface area (Å²) in [4.78, 5) is 11.1. The maximum absolute atomic E-state index is 11.1. The lowest BCUT2D eigenvalue weighted by Crippen LogP contribution is -2.38. The number of esters is 1. The Morgan fingerprint density at radius 1 is 1.64 bits per heavy atom. The lowest BCUT2D eigenvalue weighted by molar-refractivity contribution is -0.688. The maximum Gasteiger partial charge on any atom is 0.372 e. The molecule has 0 aliphatic rings. The minimum absolute atomic E-state index is 0.0933. The van der Waals surface area contributed by atoms with E-state index in [1.165, 1.54) is 16.8 Å². The van der Waals surface area contributed by atoms with E-state index in [1.807, 2.05) is 6.92 Å². The van der Waals surface area contributed by atoms with Gasteiger partial charge in [0, 0.05) is 6.07 Å². The van der Waals surface area contributed by atoms with Crippen LogP contribution < -0.4 is 9.67 Å². The third-order valence-electron chi connectivity index (χ3n) is 1.61. The number of ether oxygens (including phenoxy) is 1. The standard InChI is InChI=1S/C10H13NO3/c1-2-6-14-10(13)8-11-5-3-4-9(12)7-11/h3-5,7H,2,6,8H2,1H3. The van der Waals surface area contributed by atoms with Crippen LogP contribution in [0.4, 0.5) is 0 Å². The van der Waals surface area contributed by atoms with Crippen LogP contribution >= 0.6 is 0 Å². The molecule has 4 nitrogen and oxygen atoms in total. The van der Waals surface area contributed by atoms with E-state index >= 15 is 0 Å². The van der Waals surface area contributed by atoms with Crippen molar-refractivity contribution in [2.45, 2.75) is 19.9 Å². The van der Waals surface area contributed by atoms with Crippen molar-refractivity contribution >= 4 is 5.97 Å². The Balaban J connectivity index is 2.47. The van der Waals surface area contributed by atoms with Gasteiger partial charge in [0.1, 0.15) is 0 Å². The molecule has 0 spiro atoms. The van der Waals surface area contributed by atoms with Crippen molar-refractivity contribution in [2.75, 3.05) is 6.61 Å². The number of carbonyl (C=O) groups is 1. The van der Waals surface area contributed by atoms with Crippen molar-refractivity contribution < 1.29 is 19.2 Å². The third kappa shape index (κ3) is 3.43. The average Bonchev–Trinajstić information content (AvgIpc) is 2.15. The van der Waals surface area contributed by atoms with E-state index in [-0.39, 0.29) is 18.3 Å². The van der Waals surface area contributed by atoms with Crippen LogP contribution in [-0.2, 0) is 16.1 Å². The van der Waals surface area contributed by atoms with Gasteiger partial charge in [0.05, 0.1) is 6.61 Å². The van der Waals surface area contributed by atoms with Gasteiger partial charge in [0.2, 0.25) is 6.54 Å². The summed E-state index contributed by atoms with van der Waals surface area (Å²) in [5.41, 5.74) is 0. The van der Waals surface area contributed by atoms with E-state index in [1.54, 1.807) is 12.3 Å². The molecule has 1 aromatic heterocycles. The summed E-state index contributed by atoms with van der Waals surface area (Å²) in [5.74, 6) is -0.432. The molecule has 0 bridgehead atoms. The van der Waals surface area contributed by atoms with Crippen LogP contribution in [0.25, 0.3) is 0 Å². The molecule has 1 aromatic rings. The molecule has 0 atom stereocenters. The number of pyridine rings is 1. The summed E-state index contributed by atoms with van der Waals surface area (Å²) in [7, 11) is 0. The van der Waals surface area contributed by atoms with Crippen molar-refractivity contribution in [3.8, 4) is 5.75 Å². The highest BCUT2D eigenvalue weighted by Gasteiger charge is 2.08. The molecule has 0 radical (unpaired) electrons. The molecule has 0 aliphatic carbocycles. The molecular weight excluding hydrogens is 182 g/mol. The van der Waals surface area contributed by atoms with Crippen LogP contribution in [0.15, 0.2) is 24.5 Å². The summed E-state index contributed by atoms with van der Waals surface area (Å²) >= 11 is 0. The molecular formula is C10H13NO3. The normalized spacial score (nSPS) is 9.79. The zero-order chi connectivity index (χ0) is 10.4. The van der Waals surface area contributed by atoms with E-state index in [2.05, 4.69) is 0 Å². The molecule has 76 valence electrons. The summed E-state index contributed by atoms with van der Waals surface area (Å²) in [6.45, 7) is 2.45. The fourth-order valence-corrected chi connectivity index (χ4v) is 1.01. The van der Waals surface area contributed by atoms with Gasteiger partial charge in [-0.3, -0.25) is 0 Å². The zero-order valence-corrected chi connectivity index (χ0v) is 8.10. The molecule has 4 heteroatoms. The Bertz CT molecular complexity index is 312. The van der Waals surface area contributed by atoms with Crippen LogP contribution in [-0.4, -0.2) is 12.6 Å². The van der Waals surface area contributed by atoms with E-state index in [9.17, 15) is 9.90 Å². The van der Waals surface area contributed by atoms with Gasteiger partial charge in [-0.15, -0.1) is 0 Å². The van der Waals surface area contributed by atoms with Crippen LogP contribution in [0.3, 0.4) is 0 Å². The molecule has 0 N–H and O–H groups in total. The molecule has 14 heavy (non-hydrogen) atoms. The maximum atomic E-state index is 11.1. The molecule has 0 aliphatic heterocycles. The first-order valence-electron chi connectivity index (χ1n) is 4.54. The first-order chi connectivity index (χ1) is 6.72. The van der Waals surface area contributed by atoms with Gasteiger partial charge >= 0.3 is 5.97 Å². The Hall–Kier alpha value is -1.58. The third-order valence-corrected chi connectivity index (χ3v) is 1.61. The smallest absolute Gasteiger partial charge is 0.372 e. The molecule has 0 aromatic carbocycles. The molecule has 0 fully saturated rings. The highest BCUT2D eigenvalue weighted by atomic mass is 16.5. The van der Waals surface area contributed by atoms with Crippen molar-refractivity contribution in [1.29, 1.82) is 0 Å². The SMILES string of the molecule is CCCOC(=O)C[n+]1cccc([O-])c1. The second-order valence-corrected chi connectivity index (χ2v) is 2.93. The summed E-state index contributed by atoms with van der Waals surface area (Å²) in [6, 6.07) is 3.04. The van der Waals surface area contributed by atoms with Crippen molar-refractivity contribution in [1.82, 2.24) is 0 Å². The number of rotatable bonds is 4. The van der Waals surface area contributed by atoms with Gasteiger partial charge in [-0.2, -0.15) is 4.57 Å². The quantitative estimate of drug-likeness (QED) is 0.502. The topological polar surface area (TPSA) is 53.2 Å². The second-order valence-electron chi connectivity index (χ2n) is 2.93. The van der Waals surface area contributed by atoms with Gasteiger partial charge in [0.15, 0.2) is 12.4 Å². The molecule has 0 saturated heterocycles. The van der Waals surface area contributed by atoms with Crippen molar-refractivity contribution in [3.63, 3.8) is 0 Å². The van der Waals surface area contributed by atoms with Crippen LogP contribution in [0.1, 0.15) is 13.3 Å². The number of hydrogen-bond donors (Lipinski definition) is 0. The number of carbonyl (C=O) groups excluding carboxylic acids is 1.